The second-order valence-electron chi connectivity index (χ2n) is 23.1. The zero-order chi connectivity index (χ0) is 61.8. The minimum absolute atomic E-state index is 0.721. The van der Waals surface area contributed by atoms with Crippen molar-refractivity contribution in [3.8, 4) is 0 Å². The maximum Gasteiger partial charge on any atom is 0.116 e. The van der Waals surface area contributed by atoms with Crippen molar-refractivity contribution in [3.63, 3.8) is 0 Å². The van der Waals surface area contributed by atoms with Crippen LogP contribution in [0.5, 0.6) is 0 Å². The number of para-hydroxylation sites is 4. The van der Waals surface area contributed by atoms with Crippen molar-refractivity contribution in [2.75, 3.05) is 19.6 Å². The van der Waals surface area contributed by atoms with Gasteiger partial charge in [-0.05, 0) is 135 Å². The van der Waals surface area contributed by atoms with E-state index in [1.807, 2.05) is 24.8 Å². The summed E-state index contributed by atoms with van der Waals surface area (Å²) in [6, 6.07) is 75.3. The molecule has 0 unspecified atom stereocenters. The van der Waals surface area contributed by atoms with Gasteiger partial charge in [0.25, 0.3) is 0 Å². The summed E-state index contributed by atoms with van der Waals surface area (Å²) in [4.78, 5) is 47.9. The molecule has 12 heteroatoms. The molecule has 0 bridgehead atoms. The quantitative estimate of drug-likeness (QED) is 0.0858. The molecule has 12 nitrogen and oxygen atoms in total. The van der Waals surface area contributed by atoms with Gasteiger partial charge < -0.3 is 19.6 Å². The molecule has 0 atom stereocenters. The molecule has 0 aliphatic heterocycles. The number of rotatable bonds is 16. The maximum absolute atomic E-state index is 5.01. The number of aromatic nitrogens is 8. The lowest BCUT2D eigenvalue weighted by Gasteiger charge is -2.36. The van der Waals surface area contributed by atoms with Crippen LogP contribution in [0.3, 0.4) is 0 Å². The molecular weight excluding hydrogens is 1130 g/mol. The molecule has 442 valence electrons. The molecule has 4 heterocycles. The third-order valence-electron chi connectivity index (χ3n) is 18.2. The van der Waals surface area contributed by atoms with Crippen molar-refractivity contribution in [2.45, 2.75) is 53.4 Å². The van der Waals surface area contributed by atoms with Gasteiger partial charge >= 0.3 is 0 Å². The van der Waals surface area contributed by atoms with Gasteiger partial charge in [-0.2, -0.15) is 0 Å². The largest absolute Gasteiger partial charge is 0.309 e. The molecule has 0 spiro atoms. The summed E-state index contributed by atoms with van der Waals surface area (Å²) in [6.07, 6.45) is 17.2. The van der Waals surface area contributed by atoms with E-state index in [0.29, 0.717) is 0 Å². The van der Waals surface area contributed by atoms with E-state index < -0.39 is 0 Å². The van der Waals surface area contributed by atoms with Gasteiger partial charge in [-0.25, -0.2) is 39.9 Å². The van der Waals surface area contributed by atoms with Crippen molar-refractivity contribution in [3.05, 3.63) is 279 Å². The number of nitrogens with zero attached hydrogens (tertiary/aromatic N) is 12. The Morgan fingerprint density at radius 1 is 0.250 bits per heavy atom. The highest BCUT2D eigenvalue weighted by atomic mass is 15.2. The van der Waals surface area contributed by atoms with E-state index >= 15 is 0 Å². The van der Waals surface area contributed by atoms with Crippen LogP contribution < -0.4 is 19.6 Å². The minimum Gasteiger partial charge on any atom is -0.309 e. The van der Waals surface area contributed by atoms with Crippen LogP contribution in [0, 0.1) is 0 Å². The standard InChI is InChI=1S/C80H62N12/c1-5-59-67(37-29-51-43-81-47-85-77(51)59)89(55-21-13-9-14-22-55)71-41-72(90(56-23-15-10-16-24-56)68-38-30-52-44-82-48-86-78(52)60(68)6-2)64-35-36-66-74(92(58-27-19-12-20-28-58)70-40-32-54-46-84-50-88-80(54)62(70)8-4)42-73(65-34-33-63(71)75(64)76(65)66)91(57-25-17-11-18-26-57)69-39-31-53-45-83-49-87-79(53)61(69)7-3/h9-50H,5-8H2,1-4H3. The number of aryl methyl sites for hydroxylation is 4. The first-order valence-electron chi connectivity index (χ1n) is 31.6. The van der Waals surface area contributed by atoms with E-state index in [4.69, 9.17) is 19.9 Å². The summed E-state index contributed by atoms with van der Waals surface area (Å²) in [7, 11) is 0. The number of fused-ring (bicyclic) bond motifs is 4. The molecule has 92 heavy (non-hydrogen) atoms. The van der Waals surface area contributed by atoms with Gasteiger partial charge in [0, 0.05) is 124 Å². The second kappa shape index (κ2) is 23.3. The molecule has 16 aromatic rings. The lowest BCUT2D eigenvalue weighted by molar-refractivity contribution is 1.10. The van der Waals surface area contributed by atoms with Crippen LogP contribution in [0.25, 0.3) is 75.9 Å². The first-order chi connectivity index (χ1) is 45.5. The molecular formula is C80H62N12. The van der Waals surface area contributed by atoms with Crippen LogP contribution in [0.1, 0.15) is 49.9 Å². The predicted molar refractivity (Wildman–Crippen MR) is 379 cm³/mol. The van der Waals surface area contributed by atoms with E-state index in [0.717, 1.165) is 192 Å². The van der Waals surface area contributed by atoms with Crippen LogP contribution in [0.15, 0.2) is 256 Å². The Labute approximate surface area is 532 Å². The maximum atomic E-state index is 5.01. The molecule has 0 N–H and O–H groups in total. The van der Waals surface area contributed by atoms with Crippen molar-refractivity contribution >= 4 is 144 Å². The molecule has 4 aromatic heterocycles. The van der Waals surface area contributed by atoms with Gasteiger partial charge in [0.15, 0.2) is 0 Å². The Kier molecular flexibility index (Phi) is 14.1. The SMILES string of the molecule is CCc1c(N(c2ccccc2)c2cc(N(c3ccccc3)c3ccc4cncnc4c3CC)c3ccc4c(N(c5ccccc5)c5ccc6cncnc6c5CC)cc(N(c5ccccc5)c5ccc6cncnc6c5CC)c5ccc2c3c54)ccc2cncnc12. The lowest BCUT2D eigenvalue weighted by atomic mass is 9.88. The zero-order valence-electron chi connectivity index (χ0n) is 51.4. The smallest absolute Gasteiger partial charge is 0.116 e. The fourth-order valence-electron chi connectivity index (χ4n) is 14.3. The summed E-state index contributed by atoms with van der Waals surface area (Å²) < 4.78 is 0. The highest BCUT2D eigenvalue weighted by molar-refractivity contribution is 6.33. The third kappa shape index (κ3) is 9.12. The Morgan fingerprint density at radius 3 is 0.696 bits per heavy atom. The lowest BCUT2D eigenvalue weighted by Crippen LogP contribution is -2.18. The predicted octanol–water partition coefficient (Wildman–Crippen LogP) is 20.5. The van der Waals surface area contributed by atoms with Gasteiger partial charge in [0.2, 0.25) is 0 Å². The third-order valence-corrected chi connectivity index (χ3v) is 18.2. The Morgan fingerprint density at radius 2 is 0.478 bits per heavy atom. The van der Waals surface area contributed by atoms with Gasteiger partial charge in [-0.1, -0.05) is 125 Å². The monoisotopic (exact) mass is 1190 g/mol. The fraction of sp³-hybridized carbons (Fsp3) is 0.100. The van der Waals surface area contributed by atoms with E-state index in [-0.39, 0.29) is 0 Å². The van der Waals surface area contributed by atoms with Gasteiger partial charge in [-0.3, -0.25) is 0 Å². The van der Waals surface area contributed by atoms with Crippen LogP contribution in [0.2, 0.25) is 0 Å². The Bertz CT molecular complexity index is 4770. The highest BCUT2D eigenvalue weighted by Gasteiger charge is 2.32. The first kappa shape index (κ1) is 55.5. The molecule has 0 fully saturated rings. The van der Waals surface area contributed by atoms with Crippen molar-refractivity contribution < 1.29 is 0 Å². The number of anilines is 12. The van der Waals surface area contributed by atoms with E-state index in [1.165, 1.54) is 0 Å². The first-order valence-corrected chi connectivity index (χ1v) is 31.6. The van der Waals surface area contributed by atoms with E-state index in [1.54, 1.807) is 25.3 Å². The van der Waals surface area contributed by atoms with Gasteiger partial charge in [0.05, 0.1) is 67.6 Å². The summed E-state index contributed by atoms with van der Waals surface area (Å²) in [5.41, 5.74) is 20.3. The van der Waals surface area contributed by atoms with E-state index in [9.17, 15) is 0 Å². The average molecular weight is 1190 g/mol. The van der Waals surface area contributed by atoms with E-state index in [2.05, 4.69) is 273 Å². The molecule has 0 radical (unpaired) electrons. The highest BCUT2D eigenvalue weighted by Crippen LogP contribution is 2.56. The molecule has 0 saturated carbocycles. The zero-order valence-corrected chi connectivity index (χ0v) is 51.4. The fourth-order valence-corrected chi connectivity index (χ4v) is 14.3. The van der Waals surface area contributed by atoms with Crippen LogP contribution >= 0.6 is 0 Å². The van der Waals surface area contributed by atoms with Crippen molar-refractivity contribution in [1.29, 1.82) is 0 Å². The number of hydrogen-bond acceptors (Lipinski definition) is 12. The summed E-state index contributed by atoms with van der Waals surface area (Å²) >= 11 is 0. The Hall–Kier alpha value is -11.8. The van der Waals surface area contributed by atoms with Crippen LogP contribution in [-0.2, 0) is 25.7 Å². The normalized spacial score (nSPS) is 11.7. The van der Waals surface area contributed by atoms with Crippen molar-refractivity contribution in [2.24, 2.45) is 0 Å². The Balaban J connectivity index is 1.13. The molecule has 0 saturated heterocycles. The summed E-state index contributed by atoms with van der Waals surface area (Å²) in [5, 5.41) is 10.4. The summed E-state index contributed by atoms with van der Waals surface area (Å²) in [5.74, 6) is 0. The van der Waals surface area contributed by atoms with Gasteiger partial charge in [0.1, 0.15) is 25.3 Å². The van der Waals surface area contributed by atoms with Gasteiger partial charge in [-0.15, -0.1) is 0 Å². The number of hydrogen-bond donors (Lipinski definition) is 0. The molecule has 0 aliphatic carbocycles. The minimum atomic E-state index is 0.721. The average Bonchev–Trinajstić information content (AvgIpc) is 0.702. The summed E-state index contributed by atoms with van der Waals surface area (Å²) in [6.45, 7) is 8.91. The van der Waals surface area contributed by atoms with Crippen LogP contribution in [0.4, 0.5) is 68.2 Å². The topological polar surface area (TPSA) is 116 Å². The number of benzene rings is 12. The molecule has 0 aliphatic rings. The molecule has 0 amide bonds. The van der Waals surface area contributed by atoms with Crippen molar-refractivity contribution in [1.82, 2.24) is 39.9 Å². The molecule has 16 rings (SSSR count). The molecule has 12 aromatic carbocycles. The second-order valence-corrected chi connectivity index (χ2v) is 23.1. The van der Waals surface area contributed by atoms with Crippen LogP contribution in [-0.4, -0.2) is 39.9 Å².